The standard InChI is InChI=1S/C19H19ClF3N7O/c20-14-6-15(25-10-24-14)29-7-11-3-4-12(8-29)16(11)26-18-27-17-13(31-9-19(21,22)23)2-1-5-30(17)28-18/h1-2,5-6,10-12,16H,3-4,7-9H2,(H,26,28)/t11-,12?,16?/m0/s1. The topological polar surface area (TPSA) is 80.5 Å². The number of anilines is 2. The summed E-state index contributed by atoms with van der Waals surface area (Å²) in [4.78, 5) is 14.9. The molecule has 2 aliphatic rings. The van der Waals surface area contributed by atoms with Gasteiger partial charge >= 0.3 is 6.18 Å². The van der Waals surface area contributed by atoms with Gasteiger partial charge in [-0.2, -0.15) is 18.2 Å². The Morgan fingerprint density at radius 3 is 2.68 bits per heavy atom. The molecule has 1 saturated heterocycles. The Morgan fingerprint density at radius 1 is 1.19 bits per heavy atom. The van der Waals surface area contributed by atoms with Crippen LogP contribution in [-0.4, -0.2) is 56.5 Å². The number of piperidine rings is 1. The molecule has 0 amide bonds. The van der Waals surface area contributed by atoms with Crippen molar-refractivity contribution < 1.29 is 17.9 Å². The Balaban J connectivity index is 1.31. The third kappa shape index (κ3) is 4.18. The molecule has 1 aliphatic heterocycles. The van der Waals surface area contributed by atoms with Crippen LogP contribution >= 0.6 is 11.6 Å². The van der Waals surface area contributed by atoms with E-state index in [0.717, 1.165) is 31.7 Å². The van der Waals surface area contributed by atoms with E-state index in [-0.39, 0.29) is 17.4 Å². The first-order chi connectivity index (χ1) is 14.9. The van der Waals surface area contributed by atoms with Crippen LogP contribution in [0.25, 0.3) is 5.65 Å². The van der Waals surface area contributed by atoms with Crippen molar-refractivity contribution in [1.29, 1.82) is 0 Å². The molecule has 3 atom stereocenters. The van der Waals surface area contributed by atoms with Gasteiger partial charge in [0.15, 0.2) is 18.0 Å². The van der Waals surface area contributed by atoms with E-state index in [0.29, 0.717) is 22.9 Å². The zero-order valence-electron chi connectivity index (χ0n) is 16.3. The number of nitrogens with zero attached hydrogens (tertiary/aromatic N) is 6. The molecular weight excluding hydrogens is 435 g/mol. The van der Waals surface area contributed by atoms with Gasteiger partial charge in [-0.05, 0) is 36.8 Å². The van der Waals surface area contributed by atoms with Crippen molar-refractivity contribution in [2.45, 2.75) is 25.1 Å². The summed E-state index contributed by atoms with van der Waals surface area (Å²) in [7, 11) is 0. The van der Waals surface area contributed by atoms with Crippen molar-refractivity contribution >= 4 is 29.0 Å². The second-order valence-corrected chi connectivity index (χ2v) is 8.24. The van der Waals surface area contributed by atoms with Crippen LogP contribution in [0, 0.1) is 11.8 Å². The van der Waals surface area contributed by atoms with Crippen molar-refractivity contribution in [1.82, 2.24) is 24.6 Å². The maximum atomic E-state index is 12.5. The van der Waals surface area contributed by atoms with Crippen LogP contribution < -0.4 is 15.0 Å². The molecule has 12 heteroatoms. The van der Waals surface area contributed by atoms with Crippen LogP contribution in [0.15, 0.2) is 30.7 Å². The van der Waals surface area contributed by atoms with Gasteiger partial charge in [-0.1, -0.05) is 11.6 Å². The van der Waals surface area contributed by atoms with E-state index in [1.165, 1.54) is 16.9 Å². The van der Waals surface area contributed by atoms with E-state index >= 15 is 0 Å². The van der Waals surface area contributed by atoms with Crippen LogP contribution in [0.2, 0.25) is 5.15 Å². The quantitative estimate of drug-likeness (QED) is 0.593. The van der Waals surface area contributed by atoms with E-state index in [9.17, 15) is 13.2 Å². The van der Waals surface area contributed by atoms with Gasteiger partial charge in [0.2, 0.25) is 5.95 Å². The number of alkyl halides is 3. The fraction of sp³-hybridized carbons (Fsp3) is 0.474. The number of fused-ring (bicyclic) bond motifs is 3. The molecule has 3 aromatic rings. The molecule has 3 aromatic heterocycles. The minimum absolute atomic E-state index is 0.0406. The van der Waals surface area contributed by atoms with Crippen LogP contribution in [0.4, 0.5) is 24.9 Å². The Morgan fingerprint density at radius 2 is 1.97 bits per heavy atom. The van der Waals surface area contributed by atoms with Gasteiger partial charge in [0.1, 0.15) is 17.3 Å². The first-order valence-electron chi connectivity index (χ1n) is 9.90. The highest BCUT2D eigenvalue weighted by Crippen LogP contribution is 2.39. The number of aromatic nitrogens is 5. The summed E-state index contributed by atoms with van der Waals surface area (Å²) in [5.74, 6) is 1.95. The number of ether oxygens (including phenoxy) is 1. The smallest absolute Gasteiger partial charge is 0.422 e. The first-order valence-corrected chi connectivity index (χ1v) is 10.3. The van der Waals surface area contributed by atoms with Gasteiger partial charge in [-0.3, -0.25) is 0 Å². The molecular formula is C19H19ClF3N7O. The summed E-state index contributed by atoms with van der Waals surface area (Å²) in [5.41, 5.74) is 0.245. The summed E-state index contributed by atoms with van der Waals surface area (Å²) in [6.07, 6.45) is 0.790. The van der Waals surface area contributed by atoms with Gasteiger partial charge in [0.25, 0.3) is 0 Å². The molecule has 0 radical (unpaired) electrons. The summed E-state index contributed by atoms with van der Waals surface area (Å²) in [6.45, 7) is 0.252. The highest BCUT2D eigenvalue weighted by atomic mass is 35.5. The zero-order valence-corrected chi connectivity index (χ0v) is 17.0. The van der Waals surface area contributed by atoms with E-state index in [1.54, 1.807) is 18.3 Å². The lowest BCUT2D eigenvalue weighted by Crippen LogP contribution is -2.48. The lowest BCUT2D eigenvalue weighted by molar-refractivity contribution is -0.153. The molecule has 2 fully saturated rings. The van der Waals surface area contributed by atoms with Crippen molar-refractivity contribution in [3.05, 3.63) is 35.9 Å². The van der Waals surface area contributed by atoms with Crippen molar-refractivity contribution in [3.8, 4) is 5.75 Å². The normalized spacial score (nSPS) is 23.4. The van der Waals surface area contributed by atoms with Crippen molar-refractivity contribution in [2.24, 2.45) is 11.8 Å². The molecule has 2 bridgehead atoms. The zero-order chi connectivity index (χ0) is 21.6. The number of halogens is 4. The Bertz CT molecular complexity index is 1080. The lowest BCUT2D eigenvalue weighted by atomic mass is 9.92. The Labute approximate surface area is 180 Å². The Kier molecular flexibility index (Phi) is 4.99. The molecule has 164 valence electrons. The minimum atomic E-state index is -4.42. The van der Waals surface area contributed by atoms with Crippen LogP contribution in [0.1, 0.15) is 12.8 Å². The number of pyridine rings is 1. The molecule has 8 nitrogen and oxygen atoms in total. The summed E-state index contributed by atoms with van der Waals surface area (Å²) in [6, 6.07) is 4.97. The van der Waals surface area contributed by atoms with E-state index in [4.69, 9.17) is 16.3 Å². The maximum absolute atomic E-state index is 12.5. The monoisotopic (exact) mass is 453 g/mol. The van der Waals surface area contributed by atoms with Gasteiger partial charge in [-0.15, -0.1) is 5.10 Å². The highest BCUT2D eigenvalue weighted by molar-refractivity contribution is 6.29. The predicted molar refractivity (Wildman–Crippen MR) is 107 cm³/mol. The molecule has 5 rings (SSSR count). The first kappa shape index (κ1) is 20.1. The third-order valence-electron chi connectivity index (χ3n) is 5.79. The second kappa shape index (κ2) is 7.70. The van der Waals surface area contributed by atoms with Gasteiger partial charge in [-0.25, -0.2) is 14.5 Å². The minimum Gasteiger partial charge on any atom is -0.480 e. The van der Waals surface area contributed by atoms with E-state index in [1.807, 2.05) is 0 Å². The largest absolute Gasteiger partial charge is 0.480 e. The number of nitrogens with one attached hydrogen (secondary N) is 1. The maximum Gasteiger partial charge on any atom is 0.422 e. The van der Waals surface area contributed by atoms with E-state index < -0.39 is 12.8 Å². The number of rotatable bonds is 5. The molecule has 0 aromatic carbocycles. The van der Waals surface area contributed by atoms with Gasteiger partial charge < -0.3 is 15.0 Å². The number of hydrogen-bond donors (Lipinski definition) is 1. The van der Waals surface area contributed by atoms with Crippen LogP contribution in [-0.2, 0) is 0 Å². The SMILES string of the molecule is FC(F)(F)COc1cccn2nc(NC3C4CC[C@H]3CN(c3cc(Cl)ncn3)C4)nc12. The summed E-state index contributed by atoms with van der Waals surface area (Å²) < 4.78 is 43.9. The second-order valence-electron chi connectivity index (χ2n) is 7.85. The molecule has 2 unspecified atom stereocenters. The average molecular weight is 454 g/mol. The van der Waals surface area contributed by atoms with Gasteiger partial charge in [0, 0.05) is 31.4 Å². The van der Waals surface area contributed by atoms with Crippen molar-refractivity contribution in [3.63, 3.8) is 0 Å². The summed E-state index contributed by atoms with van der Waals surface area (Å²) >= 11 is 6.01. The fourth-order valence-corrected chi connectivity index (χ4v) is 4.65. The molecule has 1 saturated carbocycles. The Hall–Kier alpha value is -2.82. The molecule has 4 heterocycles. The van der Waals surface area contributed by atoms with Gasteiger partial charge in [0.05, 0.1) is 0 Å². The molecule has 1 N–H and O–H groups in total. The predicted octanol–water partition coefficient (Wildman–Crippen LogP) is 3.44. The van der Waals surface area contributed by atoms with Crippen LogP contribution in [0.3, 0.4) is 0 Å². The molecule has 1 aliphatic carbocycles. The number of hydrogen-bond acceptors (Lipinski definition) is 7. The molecule has 0 spiro atoms. The summed E-state index contributed by atoms with van der Waals surface area (Å²) in [5, 5.41) is 8.20. The van der Waals surface area contributed by atoms with Crippen LogP contribution in [0.5, 0.6) is 5.75 Å². The third-order valence-corrected chi connectivity index (χ3v) is 6.00. The highest BCUT2D eigenvalue weighted by Gasteiger charge is 2.43. The van der Waals surface area contributed by atoms with E-state index in [2.05, 4.69) is 30.3 Å². The molecule has 31 heavy (non-hydrogen) atoms. The fourth-order valence-electron chi connectivity index (χ4n) is 4.51. The lowest BCUT2D eigenvalue weighted by Gasteiger charge is -2.38. The van der Waals surface area contributed by atoms with Crippen molar-refractivity contribution in [2.75, 3.05) is 29.9 Å². The average Bonchev–Trinajstić information content (AvgIpc) is 3.22.